The van der Waals surface area contributed by atoms with Gasteiger partial charge in [0.2, 0.25) is 0 Å². The topological polar surface area (TPSA) is 12.0 Å². The van der Waals surface area contributed by atoms with Crippen LogP contribution in [-0.4, -0.2) is 6.04 Å². The number of aryl methyl sites for hydroxylation is 2. The van der Waals surface area contributed by atoms with E-state index in [0.29, 0.717) is 0 Å². The number of fused-ring (bicyclic) bond motifs is 5. The molecule has 3 saturated carbocycles. The standard InChI is InChI=1S/C19H27N/c1-12-6-13(2)8-14(7-12)11-20-19-10-15-9-18(19)17-5-3-4-16(15)17/h6-8,15-20H,3-5,9-11H2,1-2H3. The van der Waals surface area contributed by atoms with Crippen LogP contribution in [0.25, 0.3) is 0 Å². The van der Waals surface area contributed by atoms with Gasteiger partial charge in [-0.1, -0.05) is 35.7 Å². The fraction of sp³-hybridized carbons (Fsp3) is 0.684. The van der Waals surface area contributed by atoms with Crippen LogP contribution >= 0.6 is 0 Å². The molecule has 0 amide bonds. The van der Waals surface area contributed by atoms with Crippen LogP contribution in [0.2, 0.25) is 0 Å². The Morgan fingerprint density at radius 2 is 1.70 bits per heavy atom. The average molecular weight is 269 g/mol. The molecule has 0 radical (unpaired) electrons. The monoisotopic (exact) mass is 269 g/mol. The zero-order valence-electron chi connectivity index (χ0n) is 12.9. The Morgan fingerprint density at radius 1 is 0.950 bits per heavy atom. The van der Waals surface area contributed by atoms with Gasteiger partial charge in [-0.15, -0.1) is 0 Å². The van der Waals surface area contributed by atoms with Crippen LogP contribution in [0, 0.1) is 37.5 Å². The van der Waals surface area contributed by atoms with E-state index in [0.717, 1.165) is 36.3 Å². The van der Waals surface area contributed by atoms with Crippen molar-refractivity contribution in [2.45, 2.75) is 58.5 Å². The zero-order chi connectivity index (χ0) is 13.7. The lowest BCUT2D eigenvalue weighted by atomic mass is 9.79. The van der Waals surface area contributed by atoms with Crippen molar-refractivity contribution in [2.24, 2.45) is 23.7 Å². The van der Waals surface area contributed by atoms with Crippen LogP contribution < -0.4 is 5.32 Å². The number of benzene rings is 1. The fourth-order valence-corrected chi connectivity index (χ4v) is 5.72. The molecule has 0 spiro atoms. The molecule has 5 unspecified atom stereocenters. The van der Waals surface area contributed by atoms with Crippen LogP contribution in [0.1, 0.15) is 48.8 Å². The molecule has 3 aliphatic carbocycles. The van der Waals surface area contributed by atoms with Crippen LogP contribution in [0.5, 0.6) is 0 Å². The first-order valence-corrected chi connectivity index (χ1v) is 8.51. The van der Waals surface area contributed by atoms with Crippen LogP contribution in [0.4, 0.5) is 0 Å². The second-order valence-electron chi connectivity index (χ2n) is 7.64. The summed E-state index contributed by atoms with van der Waals surface area (Å²) in [5.74, 6) is 4.24. The molecule has 1 N–H and O–H groups in total. The van der Waals surface area contributed by atoms with Gasteiger partial charge in [0.05, 0.1) is 0 Å². The van der Waals surface area contributed by atoms with E-state index in [4.69, 9.17) is 0 Å². The minimum Gasteiger partial charge on any atom is -0.310 e. The van der Waals surface area contributed by atoms with Gasteiger partial charge in [-0.05, 0) is 68.8 Å². The van der Waals surface area contributed by atoms with E-state index in [1.807, 2.05) is 0 Å². The molecular formula is C19H27N. The maximum Gasteiger partial charge on any atom is 0.0208 e. The summed E-state index contributed by atoms with van der Waals surface area (Å²) in [6, 6.07) is 7.75. The largest absolute Gasteiger partial charge is 0.310 e. The van der Waals surface area contributed by atoms with E-state index in [2.05, 4.69) is 37.4 Å². The highest BCUT2D eigenvalue weighted by Crippen LogP contribution is 2.58. The second kappa shape index (κ2) is 4.87. The van der Waals surface area contributed by atoms with Crippen molar-refractivity contribution in [3.05, 3.63) is 34.9 Å². The molecule has 5 atom stereocenters. The maximum absolute atomic E-state index is 3.90. The maximum atomic E-state index is 3.90. The predicted octanol–water partition coefficient (Wildman–Crippen LogP) is 4.22. The molecule has 3 fully saturated rings. The number of hydrogen-bond donors (Lipinski definition) is 1. The molecule has 0 aliphatic heterocycles. The Balaban J connectivity index is 1.41. The molecule has 1 aromatic carbocycles. The van der Waals surface area contributed by atoms with Gasteiger partial charge in [0, 0.05) is 12.6 Å². The van der Waals surface area contributed by atoms with Crippen molar-refractivity contribution in [1.82, 2.24) is 5.32 Å². The quantitative estimate of drug-likeness (QED) is 0.866. The first kappa shape index (κ1) is 12.9. The van der Waals surface area contributed by atoms with E-state index in [9.17, 15) is 0 Å². The minimum atomic E-state index is 0.806. The van der Waals surface area contributed by atoms with Crippen LogP contribution in [0.15, 0.2) is 18.2 Å². The first-order valence-electron chi connectivity index (χ1n) is 8.51. The summed E-state index contributed by atoms with van der Waals surface area (Å²) >= 11 is 0. The molecule has 1 heteroatoms. The highest BCUT2D eigenvalue weighted by atomic mass is 14.9. The highest BCUT2D eigenvalue weighted by Gasteiger charge is 2.53. The van der Waals surface area contributed by atoms with Gasteiger partial charge in [-0.3, -0.25) is 0 Å². The minimum absolute atomic E-state index is 0.806. The van der Waals surface area contributed by atoms with Crippen molar-refractivity contribution in [2.75, 3.05) is 0 Å². The van der Waals surface area contributed by atoms with Gasteiger partial charge in [0.1, 0.15) is 0 Å². The highest BCUT2D eigenvalue weighted by molar-refractivity contribution is 5.28. The van der Waals surface area contributed by atoms with Gasteiger partial charge in [-0.25, -0.2) is 0 Å². The Labute approximate surface area is 123 Å². The van der Waals surface area contributed by atoms with Gasteiger partial charge >= 0.3 is 0 Å². The molecule has 3 aliphatic rings. The van der Waals surface area contributed by atoms with Crippen molar-refractivity contribution in [1.29, 1.82) is 0 Å². The molecule has 0 heterocycles. The smallest absolute Gasteiger partial charge is 0.0208 e. The van der Waals surface area contributed by atoms with Gasteiger partial charge in [0.25, 0.3) is 0 Å². The van der Waals surface area contributed by atoms with Gasteiger partial charge in [0.15, 0.2) is 0 Å². The molecular weight excluding hydrogens is 242 g/mol. The normalized spacial score (nSPS) is 38.4. The van der Waals surface area contributed by atoms with E-state index >= 15 is 0 Å². The average Bonchev–Trinajstić information content (AvgIpc) is 3.07. The van der Waals surface area contributed by atoms with E-state index in [1.165, 1.54) is 48.8 Å². The molecule has 108 valence electrons. The van der Waals surface area contributed by atoms with E-state index in [1.54, 1.807) is 0 Å². The van der Waals surface area contributed by atoms with Crippen molar-refractivity contribution < 1.29 is 0 Å². The third kappa shape index (κ3) is 2.11. The van der Waals surface area contributed by atoms with Crippen LogP contribution in [0.3, 0.4) is 0 Å². The lowest BCUT2D eigenvalue weighted by Gasteiger charge is -2.32. The van der Waals surface area contributed by atoms with E-state index < -0.39 is 0 Å². The molecule has 0 aromatic heterocycles. The van der Waals surface area contributed by atoms with Crippen LogP contribution in [-0.2, 0) is 6.54 Å². The molecule has 1 aromatic rings. The summed E-state index contributed by atoms with van der Waals surface area (Å²) in [5.41, 5.74) is 4.25. The predicted molar refractivity (Wildman–Crippen MR) is 83.6 cm³/mol. The summed E-state index contributed by atoms with van der Waals surface area (Å²) < 4.78 is 0. The third-order valence-electron chi connectivity index (χ3n) is 6.28. The molecule has 0 saturated heterocycles. The first-order chi connectivity index (χ1) is 9.70. The van der Waals surface area contributed by atoms with Gasteiger partial charge in [-0.2, -0.15) is 0 Å². The van der Waals surface area contributed by atoms with Crippen molar-refractivity contribution in [3.63, 3.8) is 0 Å². The molecule has 20 heavy (non-hydrogen) atoms. The molecule has 1 nitrogen and oxygen atoms in total. The fourth-order valence-electron chi connectivity index (χ4n) is 5.72. The second-order valence-corrected chi connectivity index (χ2v) is 7.64. The van der Waals surface area contributed by atoms with Crippen molar-refractivity contribution in [3.8, 4) is 0 Å². The number of hydrogen-bond acceptors (Lipinski definition) is 1. The summed E-state index contributed by atoms with van der Waals surface area (Å²) in [5, 5.41) is 3.90. The SMILES string of the molecule is Cc1cc(C)cc(CNC2CC3CC2C2CCCC32)c1. The molecule has 2 bridgehead atoms. The zero-order valence-corrected chi connectivity index (χ0v) is 12.9. The summed E-state index contributed by atoms with van der Waals surface area (Å²) in [7, 11) is 0. The third-order valence-corrected chi connectivity index (χ3v) is 6.28. The van der Waals surface area contributed by atoms with Crippen molar-refractivity contribution >= 4 is 0 Å². The number of nitrogens with one attached hydrogen (secondary N) is 1. The van der Waals surface area contributed by atoms with E-state index in [-0.39, 0.29) is 0 Å². The Hall–Kier alpha value is -0.820. The summed E-state index contributed by atoms with van der Waals surface area (Å²) in [6.07, 6.45) is 7.55. The lowest BCUT2D eigenvalue weighted by Crippen LogP contribution is -2.38. The summed E-state index contributed by atoms with van der Waals surface area (Å²) in [4.78, 5) is 0. The Bertz CT molecular complexity index is 486. The Kier molecular flexibility index (Phi) is 3.14. The lowest BCUT2D eigenvalue weighted by molar-refractivity contribution is 0.208. The number of rotatable bonds is 3. The summed E-state index contributed by atoms with van der Waals surface area (Å²) in [6.45, 7) is 5.47. The van der Waals surface area contributed by atoms with Gasteiger partial charge < -0.3 is 5.32 Å². The Morgan fingerprint density at radius 3 is 2.50 bits per heavy atom. The molecule has 4 rings (SSSR count).